The lowest BCUT2D eigenvalue weighted by atomic mass is 10.2. The van der Waals surface area contributed by atoms with Crippen LogP contribution in [0.15, 0.2) is 35.3 Å². The zero-order valence-corrected chi connectivity index (χ0v) is 10.2. The Hall–Kier alpha value is -2.21. The van der Waals surface area contributed by atoms with E-state index in [0.29, 0.717) is 18.9 Å². The number of carboxylic acid groups (broad SMARTS) is 1. The fourth-order valence-electron chi connectivity index (χ4n) is 1.67. The van der Waals surface area contributed by atoms with Crippen molar-refractivity contribution in [3.63, 3.8) is 0 Å². The van der Waals surface area contributed by atoms with Gasteiger partial charge >= 0.3 is 11.9 Å². The number of aliphatic imine (C=N–C) groups is 1. The second-order valence-electron chi connectivity index (χ2n) is 4.08. The molecule has 2 rings (SSSR count). The molecule has 0 radical (unpaired) electrons. The average Bonchev–Trinajstić information content (AvgIpc) is 2.77. The summed E-state index contributed by atoms with van der Waals surface area (Å²) in [5.41, 5.74) is 0.741. The van der Waals surface area contributed by atoms with E-state index in [2.05, 4.69) is 10.3 Å². The molecule has 0 aliphatic carbocycles. The van der Waals surface area contributed by atoms with Crippen molar-refractivity contribution >= 4 is 17.8 Å². The number of esters is 1. The summed E-state index contributed by atoms with van der Waals surface area (Å²) < 4.78 is 5.07. The normalized spacial score (nSPS) is 18.0. The first-order valence-electron chi connectivity index (χ1n) is 5.97. The number of carbonyl (C=O) groups excluding carboxylic acids is 1. The van der Waals surface area contributed by atoms with Crippen LogP contribution in [0.4, 0.5) is 0 Å². The fourth-order valence-corrected chi connectivity index (χ4v) is 1.67. The van der Waals surface area contributed by atoms with E-state index in [0.717, 1.165) is 5.56 Å². The van der Waals surface area contributed by atoms with Gasteiger partial charge in [0.1, 0.15) is 0 Å². The van der Waals surface area contributed by atoms with Gasteiger partial charge in [-0.2, -0.15) is 0 Å². The number of nitrogens with zero attached hydrogens (tertiary/aromatic N) is 1. The molecule has 1 atom stereocenters. The number of ether oxygens (including phenoxy) is 1. The summed E-state index contributed by atoms with van der Waals surface area (Å²) in [6.45, 7) is 0.400. The molecule has 2 N–H and O–H groups in total. The molecule has 1 aromatic rings. The predicted octanol–water partition coefficient (Wildman–Crippen LogP) is 0.770. The molecule has 0 bridgehead atoms. The summed E-state index contributed by atoms with van der Waals surface area (Å²) in [5, 5.41) is 11.4. The van der Waals surface area contributed by atoms with E-state index in [1.165, 1.54) is 0 Å². The monoisotopic (exact) mass is 262 g/mol. The van der Waals surface area contributed by atoms with Gasteiger partial charge in [0.25, 0.3) is 0 Å². The van der Waals surface area contributed by atoms with Crippen molar-refractivity contribution in [3.8, 4) is 0 Å². The number of hydrogen-bond donors (Lipinski definition) is 2. The van der Waals surface area contributed by atoms with Crippen molar-refractivity contribution in [2.75, 3.05) is 6.54 Å². The van der Waals surface area contributed by atoms with Crippen LogP contribution in [0, 0.1) is 0 Å². The third-order valence-electron chi connectivity index (χ3n) is 2.59. The molecule has 100 valence electrons. The average molecular weight is 262 g/mol. The summed E-state index contributed by atoms with van der Waals surface area (Å²) in [6, 6.07) is 9.14. The van der Waals surface area contributed by atoms with Crippen molar-refractivity contribution in [2.24, 2.45) is 4.99 Å². The lowest BCUT2D eigenvalue weighted by Crippen LogP contribution is -2.33. The molecular weight excluding hydrogens is 248 g/mol. The minimum atomic E-state index is -0.857. The molecule has 0 aromatic heterocycles. The molecule has 1 aromatic carbocycles. The van der Waals surface area contributed by atoms with Crippen LogP contribution in [0.2, 0.25) is 0 Å². The van der Waals surface area contributed by atoms with Crippen LogP contribution >= 0.6 is 0 Å². The number of carbonyl (C=O) groups is 2. The Morgan fingerprint density at radius 2 is 2.11 bits per heavy atom. The number of carboxylic acids is 1. The first kappa shape index (κ1) is 13.2. The highest BCUT2D eigenvalue weighted by atomic mass is 16.6. The number of cyclic esters (lactones) is 1. The minimum absolute atomic E-state index is 0.0595. The van der Waals surface area contributed by atoms with Gasteiger partial charge in [-0.15, -0.1) is 0 Å². The fraction of sp³-hybridized carbons (Fsp3) is 0.308. The third kappa shape index (κ3) is 3.62. The summed E-state index contributed by atoms with van der Waals surface area (Å²) >= 11 is 0. The maximum atomic E-state index is 11.6. The van der Waals surface area contributed by atoms with Crippen LogP contribution in [-0.4, -0.2) is 35.7 Å². The van der Waals surface area contributed by atoms with Crippen molar-refractivity contribution in [1.29, 1.82) is 0 Å². The summed E-state index contributed by atoms with van der Waals surface area (Å²) in [5.74, 6) is -1.03. The van der Waals surface area contributed by atoms with E-state index in [1.807, 2.05) is 18.2 Å². The molecule has 0 amide bonds. The third-order valence-corrected chi connectivity index (χ3v) is 2.59. The first-order chi connectivity index (χ1) is 9.16. The Balaban J connectivity index is 1.90. The SMILES string of the molecule is O=C(O)CCCNC1N=C(c2ccccc2)OC1=O. The largest absolute Gasteiger partial charge is 0.481 e. The molecular formula is C13H14N2O4. The molecule has 0 spiro atoms. The molecule has 1 aliphatic heterocycles. The van der Waals surface area contributed by atoms with E-state index >= 15 is 0 Å². The number of nitrogens with one attached hydrogen (secondary N) is 1. The van der Waals surface area contributed by atoms with Crippen LogP contribution in [0.1, 0.15) is 18.4 Å². The zero-order valence-electron chi connectivity index (χ0n) is 10.2. The van der Waals surface area contributed by atoms with E-state index < -0.39 is 18.1 Å². The van der Waals surface area contributed by atoms with Crippen molar-refractivity contribution in [1.82, 2.24) is 5.32 Å². The number of rotatable bonds is 6. The molecule has 1 unspecified atom stereocenters. The molecule has 6 heteroatoms. The summed E-state index contributed by atoms with van der Waals surface area (Å²) in [7, 11) is 0. The van der Waals surface area contributed by atoms with Crippen molar-refractivity contribution in [3.05, 3.63) is 35.9 Å². The molecule has 1 heterocycles. The maximum absolute atomic E-state index is 11.6. The van der Waals surface area contributed by atoms with Gasteiger partial charge in [-0.25, -0.2) is 9.79 Å². The number of hydrogen-bond acceptors (Lipinski definition) is 5. The standard InChI is InChI=1S/C13H14N2O4/c16-10(17)7-4-8-14-11-13(18)19-12(15-11)9-5-2-1-3-6-9/h1-3,5-6,11,14H,4,7-8H2,(H,16,17). The van der Waals surface area contributed by atoms with Crippen LogP contribution < -0.4 is 5.32 Å². The van der Waals surface area contributed by atoms with Crippen LogP contribution in [0.5, 0.6) is 0 Å². The van der Waals surface area contributed by atoms with Crippen molar-refractivity contribution < 1.29 is 19.4 Å². The van der Waals surface area contributed by atoms with Crippen LogP contribution in [-0.2, 0) is 14.3 Å². The second-order valence-corrected chi connectivity index (χ2v) is 4.08. The van der Waals surface area contributed by atoms with Gasteiger partial charge in [-0.05, 0) is 25.1 Å². The Bertz CT molecular complexity index is 499. The smallest absolute Gasteiger partial charge is 0.352 e. The lowest BCUT2D eigenvalue weighted by molar-refractivity contribution is -0.137. The number of aliphatic carboxylic acids is 1. The highest BCUT2D eigenvalue weighted by Crippen LogP contribution is 2.11. The van der Waals surface area contributed by atoms with E-state index in [9.17, 15) is 9.59 Å². The topological polar surface area (TPSA) is 88.0 Å². The summed E-state index contributed by atoms with van der Waals surface area (Å²) in [4.78, 5) is 26.1. The second kappa shape index (κ2) is 6.10. The highest BCUT2D eigenvalue weighted by Gasteiger charge is 2.28. The van der Waals surface area contributed by atoms with E-state index in [1.54, 1.807) is 12.1 Å². The quantitative estimate of drug-likeness (QED) is 0.584. The van der Waals surface area contributed by atoms with Crippen LogP contribution in [0.25, 0.3) is 0 Å². The van der Waals surface area contributed by atoms with Gasteiger partial charge in [0, 0.05) is 12.0 Å². The van der Waals surface area contributed by atoms with Gasteiger partial charge in [0.05, 0.1) is 0 Å². The lowest BCUT2D eigenvalue weighted by Gasteiger charge is -2.04. The Kier molecular flexibility index (Phi) is 4.25. The molecule has 0 saturated carbocycles. The highest BCUT2D eigenvalue weighted by molar-refractivity contribution is 6.05. The van der Waals surface area contributed by atoms with E-state index in [4.69, 9.17) is 9.84 Å². The Morgan fingerprint density at radius 1 is 1.37 bits per heavy atom. The number of benzene rings is 1. The summed E-state index contributed by atoms with van der Waals surface area (Å²) in [6.07, 6.45) is -0.247. The predicted molar refractivity (Wildman–Crippen MR) is 67.7 cm³/mol. The Morgan fingerprint density at radius 3 is 2.79 bits per heavy atom. The van der Waals surface area contributed by atoms with Gasteiger partial charge < -0.3 is 9.84 Å². The molecule has 6 nitrogen and oxygen atoms in total. The van der Waals surface area contributed by atoms with E-state index in [-0.39, 0.29) is 6.42 Å². The van der Waals surface area contributed by atoms with Gasteiger partial charge in [0.2, 0.25) is 12.1 Å². The first-order valence-corrected chi connectivity index (χ1v) is 5.97. The Labute approximate surface area is 110 Å². The van der Waals surface area contributed by atoms with Gasteiger partial charge in [0.15, 0.2) is 0 Å². The van der Waals surface area contributed by atoms with Crippen LogP contribution in [0.3, 0.4) is 0 Å². The van der Waals surface area contributed by atoms with Crippen molar-refractivity contribution in [2.45, 2.75) is 19.0 Å². The minimum Gasteiger partial charge on any atom is -0.481 e. The maximum Gasteiger partial charge on any atom is 0.352 e. The molecule has 1 aliphatic rings. The van der Waals surface area contributed by atoms with Gasteiger partial charge in [-0.3, -0.25) is 10.1 Å². The molecule has 0 fully saturated rings. The van der Waals surface area contributed by atoms with Gasteiger partial charge in [-0.1, -0.05) is 18.2 Å². The molecule has 19 heavy (non-hydrogen) atoms. The zero-order chi connectivity index (χ0) is 13.7. The molecule has 0 saturated heterocycles.